The molecule has 0 aliphatic carbocycles. The maximum absolute atomic E-state index is 10.2. The SMILES string of the molecule is Cc1nnc(CN(C)[C@H]2CCN(C[C@H](O)Cn3cccn3)C2)n1C. The van der Waals surface area contributed by atoms with Gasteiger partial charge in [-0.25, -0.2) is 0 Å². The van der Waals surface area contributed by atoms with Gasteiger partial charge in [0.2, 0.25) is 0 Å². The quantitative estimate of drug-likeness (QED) is 0.762. The van der Waals surface area contributed by atoms with E-state index in [9.17, 15) is 5.11 Å². The first-order valence-electron chi connectivity index (χ1n) is 8.46. The van der Waals surface area contributed by atoms with Crippen molar-refractivity contribution in [1.82, 2.24) is 34.3 Å². The van der Waals surface area contributed by atoms with Crippen molar-refractivity contribution in [1.29, 1.82) is 0 Å². The Morgan fingerprint density at radius 1 is 1.38 bits per heavy atom. The Morgan fingerprint density at radius 2 is 2.21 bits per heavy atom. The van der Waals surface area contributed by atoms with Crippen LogP contribution in [0.25, 0.3) is 0 Å². The maximum Gasteiger partial charge on any atom is 0.146 e. The second kappa shape index (κ2) is 7.42. The van der Waals surface area contributed by atoms with Crippen LogP contribution < -0.4 is 0 Å². The number of nitrogens with zero attached hydrogens (tertiary/aromatic N) is 7. The van der Waals surface area contributed by atoms with Gasteiger partial charge in [0, 0.05) is 38.6 Å². The zero-order chi connectivity index (χ0) is 17.1. The topological polar surface area (TPSA) is 75.2 Å². The van der Waals surface area contributed by atoms with Gasteiger partial charge in [-0.2, -0.15) is 5.10 Å². The molecule has 3 heterocycles. The molecule has 0 unspecified atom stereocenters. The first-order chi connectivity index (χ1) is 11.5. The Hall–Kier alpha value is -1.77. The summed E-state index contributed by atoms with van der Waals surface area (Å²) in [4.78, 5) is 4.67. The number of aliphatic hydroxyl groups excluding tert-OH is 1. The van der Waals surface area contributed by atoms with E-state index in [2.05, 4.69) is 32.1 Å². The van der Waals surface area contributed by atoms with Crippen LogP contribution in [0.5, 0.6) is 0 Å². The number of aliphatic hydroxyl groups is 1. The monoisotopic (exact) mass is 333 g/mol. The molecule has 2 aromatic heterocycles. The van der Waals surface area contributed by atoms with Crippen molar-refractivity contribution < 1.29 is 5.11 Å². The number of hydrogen-bond donors (Lipinski definition) is 1. The summed E-state index contributed by atoms with van der Waals surface area (Å²) in [5.41, 5.74) is 0. The van der Waals surface area contributed by atoms with Crippen molar-refractivity contribution >= 4 is 0 Å². The lowest BCUT2D eigenvalue weighted by Gasteiger charge is -2.25. The number of rotatable bonds is 7. The molecule has 1 saturated heterocycles. The predicted molar refractivity (Wildman–Crippen MR) is 90.3 cm³/mol. The second-order valence-electron chi connectivity index (χ2n) is 6.72. The average Bonchev–Trinajstić information content (AvgIpc) is 3.26. The molecule has 3 rings (SSSR count). The van der Waals surface area contributed by atoms with E-state index in [0.29, 0.717) is 19.1 Å². The zero-order valence-corrected chi connectivity index (χ0v) is 14.7. The molecule has 0 spiro atoms. The second-order valence-corrected chi connectivity index (χ2v) is 6.72. The molecule has 2 atom stereocenters. The number of hydrogen-bond acceptors (Lipinski definition) is 6. The van der Waals surface area contributed by atoms with Crippen LogP contribution in [0.4, 0.5) is 0 Å². The van der Waals surface area contributed by atoms with E-state index in [1.165, 1.54) is 0 Å². The molecule has 8 heteroatoms. The fourth-order valence-electron chi connectivity index (χ4n) is 3.26. The summed E-state index contributed by atoms with van der Waals surface area (Å²) in [5.74, 6) is 1.93. The van der Waals surface area contributed by atoms with Crippen LogP contribution in [0.1, 0.15) is 18.1 Å². The van der Waals surface area contributed by atoms with Gasteiger partial charge in [-0.05, 0) is 33.0 Å². The van der Waals surface area contributed by atoms with E-state index in [-0.39, 0.29) is 0 Å². The highest BCUT2D eigenvalue weighted by molar-refractivity contribution is 4.94. The molecule has 132 valence electrons. The molecular formula is C16H27N7O. The Morgan fingerprint density at radius 3 is 2.88 bits per heavy atom. The smallest absolute Gasteiger partial charge is 0.146 e. The van der Waals surface area contributed by atoms with Crippen LogP contribution in [0.15, 0.2) is 18.5 Å². The first-order valence-corrected chi connectivity index (χ1v) is 8.46. The van der Waals surface area contributed by atoms with Crippen molar-refractivity contribution in [3.63, 3.8) is 0 Å². The zero-order valence-electron chi connectivity index (χ0n) is 14.7. The molecule has 2 aromatic rings. The highest BCUT2D eigenvalue weighted by atomic mass is 16.3. The van der Waals surface area contributed by atoms with E-state index in [1.54, 1.807) is 10.9 Å². The van der Waals surface area contributed by atoms with E-state index in [0.717, 1.165) is 37.7 Å². The Labute approximate surface area is 142 Å². The van der Waals surface area contributed by atoms with Gasteiger partial charge in [-0.3, -0.25) is 14.5 Å². The van der Waals surface area contributed by atoms with Crippen LogP contribution in [0.3, 0.4) is 0 Å². The number of β-amino-alcohol motifs (C(OH)–C–C–N with tert-alkyl or cyclic N) is 1. The predicted octanol–water partition coefficient (Wildman–Crippen LogP) is -0.113. The van der Waals surface area contributed by atoms with Gasteiger partial charge in [-0.1, -0.05) is 0 Å². The van der Waals surface area contributed by atoms with Crippen LogP contribution >= 0.6 is 0 Å². The normalized spacial score (nSPS) is 20.1. The third-order valence-electron chi connectivity index (χ3n) is 4.87. The van der Waals surface area contributed by atoms with E-state index in [1.807, 2.05) is 30.8 Å². The minimum absolute atomic E-state index is 0.393. The van der Waals surface area contributed by atoms with E-state index < -0.39 is 6.10 Å². The molecule has 8 nitrogen and oxygen atoms in total. The van der Waals surface area contributed by atoms with E-state index in [4.69, 9.17) is 0 Å². The lowest BCUT2D eigenvalue weighted by atomic mass is 10.2. The van der Waals surface area contributed by atoms with Gasteiger partial charge in [0.1, 0.15) is 11.6 Å². The molecule has 1 aliphatic heterocycles. The van der Waals surface area contributed by atoms with E-state index >= 15 is 0 Å². The highest BCUT2D eigenvalue weighted by Gasteiger charge is 2.27. The lowest BCUT2D eigenvalue weighted by Crippen LogP contribution is -2.38. The summed E-state index contributed by atoms with van der Waals surface area (Å²) in [6, 6.07) is 2.36. The fraction of sp³-hybridized carbons (Fsp3) is 0.688. The third-order valence-corrected chi connectivity index (χ3v) is 4.87. The average molecular weight is 333 g/mol. The van der Waals surface area contributed by atoms with Gasteiger partial charge in [0.25, 0.3) is 0 Å². The Bertz CT molecular complexity index is 639. The molecular weight excluding hydrogens is 306 g/mol. The molecule has 1 N–H and O–H groups in total. The molecule has 0 amide bonds. The van der Waals surface area contributed by atoms with Gasteiger partial charge in [0.05, 0.1) is 19.2 Å². The van der Waals surface area contributed by atoms with Crippen molar-refractivity contribution in [3.05, 3.63) is 30.1 Å². The fourth-order valence-corrected chi connectivity index (χ4v) is 3.26. The van der Waals surface area contributed by atoms with Crippen LogP contribution in [-0.2, 0) is 20.1 Å². The van der Waals surface area contributed by atoms with Crippen LogP contribution in [0.2, 0.25) is 0 Å². The molecule has 1 fully saturated rings. The van der Waals surface area contributed by atoms with Crippen LogP contribution in [-0.4, -0.2) is 78.3 Å². The summed E-state index contributed by atoms with van der Waals surface area (Å²) >= 11 is 0. The standard InChI is InChI=1S/C16H27N7O/c1-13-18-19-16(21(13)3)12-20(2)14-5-8-22(9-14)10-15(24)11-23-7-4-6-17-23/h4,6-7,14-15,24H,5,8-12H2,1-3H3/t14-,15-/m0/s1. The summed E-state index contributed by atoms with van der Waals surface area (Å²) in [5, 5.41) is 22.8. The summed E-state index contributed by atoms with van der Waals surface area (Å²) in [6.07, 6.45) is 4.34. The van der Waals surface area contributed by atoms with Gasteiger partial charge in [0.15, 0.2) is 0 Å². The minimum atomic E-state index is -0.393. The lowest BCUT2D eigenvalue weighted by molar-refractivity contribution is 0.101. The first kappa shape index (κ1) is 17.1. The third kappa shape index (κ3) is 4.00. The summed E-state index contributed by atoms with van der Waals surface area (Å²) < 4.78 is 3.82. The molecule has 0 bridgehead atoms. The summed E-state index contributed by atoms with van der Waals surface area (Å²) in [7, 11) is 4.14. The Balaban J connectivity index is 1.46. The minimum Gasteiger partial charge on any atom is -0.390 e. The van der Waals surface area contributed by atoms with Crippen molar-refractivity contribution in [3.8, 4) is 0 Å². The molecule has 1 aliphatic rings. The van der Waals surface area contributed by atoms with Crippen LogP contribution in [0, 0.1) is 6.92 Å². The molecule has 0 aromatic carbocycles. The van der Waals surface area contributed by atoms with Gasteiger partial charge < -0.3 is 9.67 Å². The number of aromatic nitrogens is 5. The molecule has 24 heavy (non-hydrogen) atoms. The maximum atomic E-state index is 10.2. The van der Waals surface area contributed by atoms with Crippen molar-refractivity contribution in [2.75, 3.05) is 26.7 Å². The van der Waals surface area contributed by atoms with Gasteiger partial charge >= 0.3 is 0 Å². The number of likely N-dealkylation sites (N-methyl/N-ethyl adjacent to an activating group) is 1. The van der Waals surface area contributed by atoms with Crippen molar-refractivity contribution in [2.24, 2.45) is 7.05 Å². The number of aryl methyl sites for hydroxylation is 1. The van der Waals surface area contributed by atoms with Crippen molar-refractivity contribution in [2.45, 2.75) is 38.6 Å². The molecule has 0 radical (unpaired) electrons. The molecule has 0 saturated carbocycles. The number of likely N-dealkylation sites (tertiary alicyclic amines) is 1. The Kier molecular flexibility index (Phi) is 5.27. The summed E-state index contributed by atoms with van der Waals surface area (Å²) in [6.45, 7) is 5.99. The highest BCUT2D eigenvalue weighted by Crippen LogP contribution is 2.16. The van der Waals surface area contributed by atoms with Gasteiger partial charge in [-0.15, -0.1) is 10.2 Å². The largest absolute Gasteiger partial charge is 0.390 e.